The average Bonchev–Trinajstić information content (AvgIpc) is 2.95. The van der Waals surface area contributed by atoms with Gasteiger partial charge in [-0.05, 0) is 25.3 Å². The highest BCUT2D eigenvalue weighted by Crippen LogP contribution is 2.30. The molecule has 21 heavy (non-hydrogen) atoms. The molecule has 1 aromatic carbocycles. The van der Waals surface area contributed by atoms with E-state index < -0.39 is 11.5 Å². The number of hydrogen-bond donors (Lipinski definition) is 2. The van der Waals surface area contributed by atoms with Crippen molar-refractivity contribution in [1.82, 2.24) is 5.32 Å². The molecule has 1 atom stereocenters. The number of carbonyl (C=O) groups is 2. The Bertz CT molecular complexity index is 498. The van der Waals surface area contributed by atoms with Crippen molar-refractivity contribution in [3.63, 3.8) is 0 Å². The molecule has 0 aliphatic heterocycles. The van der Waals surface area contributed by atoms with Crippen LogP contribution in [0.5, 0.6) is 0 Å². The van der Waals surface area contributed by atoms with Gasteiger partial charge in [-0.25, -0.2) is 4.79 Å². The van der Waals surface area contributed by atoms with Gasteiger partial charge in [0.1, 0.15) is 5.54 Å². The molecule has 0 bridgehead atoms. The third kappa shape index (κ3) is 4.00. The Morgan fingerprint density at radius 3 is 2.48 bits per heavy atom. The van der Waals surface area contributed by atoms with Crippen molar-refractivity contribution in [2.45, 2.75) is 49.1 Å². The molecule has 0 aromatic heterocycles. The summed E-state index contributed by atoms with van der Waals surface area (Å²) >= 11 is 1.53. The summed E-state index contributed by atoms with van der Waals surface area (Å²) in [4.78, 5) is 23.7. The molecule has 1 aromatic rings. The molecule has 1 unspecified atom stereocenters. The molecule has 1 fully saturated rings. The molecule has 2 rings (SSSR count). The van der Waals surface area contributed by atoms with Gasteiger partial charge in [0, 0.05) is 5.75 Å². The van der Waals surface area contributed by atoms with Crippen molar-refractivity contribution >= 4 is 23.6 Å². The zero-order chi connectivity index (χ0) is 15.3. The molecule has 1 saturated carbocycles. The minimum Gasteiger partial charge on any atom is -0.480 e. The standard InChI is InChI=1S/C16H21NO3S/c1-12(21-11-13-7-3-2-4-8-13)14(18)17-16(15(19)20)9-5-6-10-16/h2-4,7-8,12H,5-6,9-11H2,1H3,(H,17,18)(H,19,20). The molecule has 4 nitrogen and oxygen atoms in total. The number of benzene rings is 1. The van der Waals surface area contributed by atoms with Gasteiger partial charge in [0.25, 0.3) is 0 Å². The summed E-state index contributed by atoms with van der Waals surface area (Å²) < 4.78 is 0. The molecule has 1 aliphatic carbocycles. The predicted octanol–water partition coefficient (Wildman–Crippen LogP) is 2.82. The third-order valence-electron chi connectivity index (χ3n) is 3.94. The van der Waals surface area contributed by atoms with Crippen molar-refractivity contribution in [3.05, 3.63) is 35.9 Å². The summed E-state index contributed by atoms with van der Waals surface area (Å²) in [7, 11) is 0. The molecule has 1 aliphatic rings. The topological polar surface area (TPSA) is 66.4 Å². The lowest BCUT2D eigenvalue weighted by molar-refractivity contribution is -0.147. The maximum Gasteiger partial charge on any atom is 0.329 e. The van der Waals surface area contributed by atoms with Crippen LogP contribution >= 0.6 is 11.8 Å². The van der Waals surface area contributed by atoms with E-state index in [1.807, 2.05) is 37.3 Å². The molecule has 0 radical (unpaired) electrons. The fourth-order valence-electron chi connectivity index (χ4n) is 2.58. The van der Waals surface area contributed by atoms with E-state index in [2.05, 4.69) is 5.32 Å². The van der Waals surface area contributed by atoms with E-state index in [-0.39, 0.29) is 11.2 Å². The lowest BCUT2D eigenvalue weighted by atomic mass is 9.97. The number of rotatable bonds is 6. The van der Waals surface area contributed by atoms with E-state index in [1.165, 1.54) is 11.8 Å². The normalized spacial score (nSPS) is 18.1. The van der Waals surface area contributed by atoms with Gasteiger partial charge in [0.15, 0.2) is 0 Å². The first kappa shape index (κ1) is 15.9. The van der Waals surface area contributed by atoms with Gasteiger partial charge in [0.2, 0.25) is 5.91 Å². The quantitative estimate of drug-likeness (QED) is 0.848. The van der Waals surface area contributed by atoms with Gasteiger partial charge in [-0.1, -0.05) is 43.2 Å². The minimum absolute atomic E-state index is 0.180. The van der Waals surface area contributed by atoms with Crippen molar-refractivity contribution in [2.24, 2.45) is 0 Å². The zero-order valence-electron chi connectivity index (χ0n) is 12.2. The fourth-order valence-corrected chi connectivity index (χ4v) is 3.42. The van der Waals surface area contributed by atoms with Crippen LogP contribution in [0.4, 0.5) is 0 Å². The Balaban J connectivity index is 1.89. The van der Waals surface area contributed by atoms with Gasteiger partial charge >= 0.3 is 5.97 Å². The first-order chi connectivity index (χ1) is 10.0. The van der Waals surface area contributed by atoms with Crippen LogP contribution in [0, 0.1) is 0 Å². The predicted molar refractivity (Wildman–Crippen MR) is 84.2 cm³/mol. The summed E-state index contributed by atoms with van der Waals surface area (Å²) in [5.41, 5.74) is 0.120. The number of aliphatic carboxylic acids is 1. The molecule has 0 spiro atoms. The lowest BCUT2D eigenvalue weighted by Gasteiger charge is -2.27. The summed E-state index contributed by atoms with van der Waals surface area (Å²) in [5, 5.41) is 11.9. The van der Waals surface area contributed by atoms with E-state index in [0.29, 0.717) is 12.8 Å². The van der Waals surface area contributed by atoms with Crippen LogP contribution in [0.15, 0.2) is 30.3 Å². The highest BCUT2D eigenvalue weighted by atomic mass is 32.2. The zero-order valence-corrected chi connectivity index (χ0v) is 13.0. The van der Waals surface area contributed by atoms with Crippen LogP contribution in [-0.4, -0.2) is 27.8 Å². The van der Waals surface area contributed by atoms with E-state index in [1.54, 1.807) is 0 Å². The van der Waals surface area contributed by atoms with Gasteiger partial charge in [0.05, 0.1) is 5.25 Å². The van der Waals surface area contributed by atoms with Crippen LogP contribution in [0.3, 0.4) is 0 Å². The van der Waals surface area contributed by atoms with Gasteiger partial charge in [-0.2, -0.15) is 0 Å². The number of carboxylic acids is 1. The highest BCUT2D eigenvalue weighted by molar-refractivity contribution is 7.99. The number of nitrogens with one attached hydrogen (secondary N) is 1. The van der Waals surface area contributed by atoms with Crippen molar-refractivity contribution in [1.29, 1.82) is 0 Å². The Hall–Kier alpha value is -1.49. The molecule has 2 N–H and O–H groups in total. The second-order valence-corrected chi connectivity index (χ2v) is 6.85. The maximum absolute atomic E-state index is 12.2. The van der Waals surface area contributed by atoms with E-state index in [0.717, 1.165) is 24.2 Å². The first-order valence-corrected chi connectivity index (χ1v) is 8.29. The smallest absolute Gasteiger partial charge is 0.329 e. The Morgan fingerprint density at radius 1 is 1.29 bits per heavy atom. The van der Waals surface area contributed by atoms with Gasteiger partial charge in [-0.15, -0.1) is 11.8 Å². The first-order valence-electron chi connectivity index (χ1n) is 7.24. The van der Waals surface area contributed by atoms with Crippen LogP contribution < -0.4 is 5.32 Å². The Labute approximate surface area is 129 Å². The summed E-state index contributed by atoms with van der Waals surface area (Å²) in [6, 6.07) is 9.94. The minimum atomic E-state index is -1.04. The molecular formula is C16H21NO3S. The number of carbonyl (C=O) groups excluding carboxylic acids is 1. The molecule has 1 amide bonds. The second kappa shape index (κ2) is 6.98. The number of hydrogen-bond acceptors (Lipinski definition) is 3. The average molecular weight is 307 g/mol. The number of carboxylic acid groups (broad SMARTS) is 1. The van der Waals surface area contributed by atoms with Crippen molar-refractivity contribution in [2.75, 3.05) is 0 Å². The number of amides is 1. The van der Waals surface area contributed by atoms with Crippen LogP contribution in [0.1, 0.15) is 38.2 Å². The van der Waals surface area contributed by atoms with Crippen molar-refractivity contribution < 1.29 is 14.7 Å². The monoisotopic (exact) mass is 307 g/mol. The van der Waals surface area contributed by atoms with E-state index >= 15 is 0 Å². The lowest BCUT2D eigenvalue weighted by Crippen LogP contribution is -2.54. The van der Waals surface area contributed by atoms with Gasteiger partial charge in [-0.3, -0.25) is 4.79 Å². The summed E-state index contributed by atoms with van der Waals surface area (Å²) in [5.74, 6) is -0.344. The van der Waals surface area contributed by atoms with Gasteiger partial charge < -0.3 is 10.4 Å². The second-order valence-electron chi connectivity index (χ2n) is 5.52. The van der Waals surface area contributed by atoms with E-state index in [9.17, 15) is 14.7 Å². The van der Waals surface area contributed by atoms with Crippen molar-refractivity contribution in [3.8, 4) is 0 Å². The maximum atomic E-state index is 12.2. The summed E-state index contributed by atoms with van der Waals surface area (Å²) in [6.45, 7) is 1.83. The Morgan fingerprint density at radius 2 is 1.90 bits per heavy atom. The van der Waals surface area contributed by atoms with Crippen LogP contribution in [-0.2, 0) is 15.3 Å². The summed E-state index contributed by atoms with van der Waals surface area (Å²) in [6.07, 6.45) is 2.78. The largest absolute Gasteiger partial charge is 0.480 e. The number of thioether (sulfide) groups is 1. The fraction of sp³-hybridized carbons (Fsp3) is 0.500. The van der Waals surface area contributed by atoms with Crippen LogP contribution in [0.25, 0.3) is 0 Å². The molecular weight excluding hydrogens is 286 g/mol. The molecule has 0 saturated heterocycles. The Kier molecular flexibility index (Phi) is 5.28. The highest BCUT2D eigenvalue weighted by Gasteiger charge is 2.43. The molecule has 114 valence electrons. The van der Waals surface area contributed by atoms with Crippen LogP contribution in [0.2, 0.25) is 0 Å². The molecule has 0 heterocycles. The molecule has 5 heteroatoms. The van der Waals surface area contributed by atoms with E-state index in [4.69, 9.17) is 0 Å². The third-order valence-corrected chi connectivity index (χ3v) is 5.16. The SMILES string of the molecule is CC(SCc1ccccc1)C(=O)NC1(C(=O)O)CCCC1.